The minimum Gasteiger partial charge on any atom is -0.719 e. The molecule has 0 aliphatic carbocycles. The molecule has 2 N–H and O–H groups in total. The lowest BCUT2D eigenvalue weighted by Gasteiger charge is -2.26. The molecule has 0 aliphatic heterocycles. The first-order chi connectivity index (χ1) is 6.43. The molecule has 82 valence electrons. The molecule has 0 rings (SSSR count). The molecule has 0 heterocycles. The standard InChI is InChI=1S/C7H15N3O2S2/c1-10(2)5(3-8-6(11)13)4-9-7(12)14/h5H,3-4H2,1-2H3,(H2,8,11,13)(H2,9,12,14)/p-2. The van der Waals surface area contributed by atoms with Crippen LogP contribution in [0.4, 0.5) is 9.59 Å². The number of nitrogens with one attached hydrogen (secondary N) is 2. The normalized spacial score (nSPS) is 10.3. The van der Waals surface area contributed by atoms with Crippen molar-refractivity contribution in [3.63, 3.8) is 0 Å². The minimum atomic E-state index is -0.499. The number of hydrogen-bond donors (Lipinski definition) is 2. The molecule has 0 aromatic rings. The summed E-state index contributed by atoms with van der Waals surface area (Å²) >= 11 is 8.69. The number of nitrogens with zero attached hydrogens (tertiary/aromatic N) is 1. The van der Waals surface area contributed by atoms with E-state index < -0.39 is 10.5 Å². The fourth-order valence-electron chi connectivity index (χ4n) is 0.840. The lowest BCUT2D eigenvalue weighted by atomic mass is 10.2. The quantitative estimate of drug-likeness (QED) is 0.625. The number of amides is 2. The van der Waals surface area contributed by atoms with Crippen molar-refractivity contribution in [2.75, 3.05) is 27.2 Å². The number of carbonyl (C=O) groups is 2. The summed E-state index contributed by atoms with van der Waals surface area (Å²) in [5.41, 5.74) is 0. The molecule has 5 nitrogen and oxygen atoms in total. The van der Waals surface area contributed by atoms with Crippen LogP contribution in [0.1, 0.15) is 0 Å². The highest BCUT2D eigenvalue weighted by molar-refractivity contribution is 7.77. The van der Waals surface area contributed by atoms with Crippen LogP contribution in [0, 0.1) is 0 Å². The molecule has 0 bridgehead atoms. The second-order valence-electron chi connectivity index (χ2n) is 2.95. The number of carbonyl (C=O) groups excluding carboxylic acids is 2. The van der Waals surface area contributed by atoms with Gasteiger partial charge in [-0.3, -0.25) is 0 Å². The molecule has 14 heavy (non-hydrogen) atoms. The van der Waals surface area contributed by atoms with Gasteiger partial charge >= 0.3 is 0 Å². The minimum absolute atomic E-state index is 0.00574. The molecule has 0 aliphatic rings. The Labute approximate surface area is 94.4 Å². The second-order valence-corrected chi connectivity index (χ2v) is 3.70. The summed E-state index contributed by atoms with van der Waals surface area (Å²) in [5, 5.41) is 4.00. The zero-order chi connectivity index (χ0) is 11.1. The first-order valence-corrected chi connectivity index (χ1v) is 4.81. The summed E-state index contributed by atoms with van der Waals surface area (Å²) < 4.78 is 0. The van der Waals surface area contributed by atoms with Crippen molar-refractivity contribution in [3.8, 4) is 0 Å². The van der Waals surface area contributed by atoms with Crippen LogP contribution >= 0.6 is 0 Å². The molecule has 0 fully saturated rings. The van der Waals surface area contributed by atoms with Gasteiger partial charge in [0, 0.05) is 19.1 Å². The smallest absolute Gasteiger partial charge is 0.0981 e. The number of hydrogen-bond acceptors (Lipinski definition) is 5. The van der Waals surface area contributed by atoms with Crippen LogP contribution in [0.3, 0.4) is 0 Å². The topological polar surface area (TPSA) is 61.4 Å². The van der Waals surface area contributed by atoms with E-state index in [4.69, 9.17) is 0 Å². The molecule has 7 heteroatoms. The van der Waals surface area contributed by atoms with Crippen LogP contribution < -0.4 is 10.6 Å². The van der Waals surface area contributed by atoms with Gasteiger partial charge in [0.15, 0.2) is 0 Å². The average molecular weight is 235 g/mol. The molecular weight excluding hydrogens is 222 g/mol. The summed E-state index contributed by atoms with van der Waals surface area (Å²) in [5.74, 6) is 0. The lowest BCUT2D eigenvalue weighted by Crippen LogP contribution is -2.46. The van der Waals surface area contributed by atoms with Gasteiger partial charge in [0.05, 0.1) is 10.5 Å². The predicted octanol–water partition coefficient (Wildman–Crippen LogP) is -0.570. The third-order valence-electron chi connectivity index (χ3n) is 1.69. The molecule has 0 unspecified atom stereocenters. The van der Waals surface area contributed by atoms with Gasteiger partial charge in [0.2, 0.25) is 0 Å². The van der Waals surface area contributed by atoms with Gasteiger partial charge in [0.1, 0.15) is 0 Å². The van der Waals surface area contributed by atoms with Gasteiger partial charge in [-0.25, -0.2) is 0 Å². The van der Waals surface area contributed by atoms with E-state index in [1.165, 1.54) is 0 Å². The van der Waals surface area contributed by atoms with Crippen molar-refractivity contribution < 1.29 is 9.59 Å². The van der Waals surface area contributed by atoms with Crippen molar-refractivity contribution in [3.05, 3.63) is 0 Å². The third kappa shape index (κ3) is 6.81. The van der Waals surface area contributed by atoms with Crippen LogP contribution in [0.5, 0.6) is 0 Å². The fourth-order valence-corrected chi connectivity index (χ4v) is 1.01. The van der Waals surface area contributed by atoms with E-state index in [2.05, 4.69) is 35.9 Å². The zero-order valence-corrected chi connectivity index (χ0v) is 9.70. The van der Waals surface area contributed by atoms with E-state index in [0.29, 0.717) is 13.1 Å². The van der Waals surface area contributed by atoms with Gasteiger partial charge in [-0.1, -0.05) is 0 Å². The Balaban J connectivity index is 3.89. The summed E-state index contributed by atoms with van der Waals surface area (Å²) in [7, 11) is 3.69. The Bertz CT molecular complexity index is 193. The largest absolute Gasteiger partial charge is 0.719 e. The maximum Gasteiger partial charge on any atom is 0.0981 e. The SMILES string of the molecule is CN(C)C(CNC(=O)[S-])CNC(=O)[S-]. The van der Waals surface area contributed by atoms with E-state index in [1.807, 2.05) is 19.0 Å². The number of likely N-dealkylation sites (N-methyl/N-ethyl adjacent to an activating group) is 1. The van der Waals surface area contributed by atoms with E-state index >= 15 is 0 Å². The number of rotatable bonds is 5. The second kappa shape index (κ2) is 6.74. The Morgan fingerprint density at radius 1 is 1.14 bits per heavy atom. The highest BCUT2D eigenvalue weighted by atomic mass is 32.1. The van der Waals surface area contributed by atoms with Crippen molar-refractivity contribution in [2.24, 2.45) is 0 Å². The van der Waals surface area contributed by atoms with Crippen molar-refractivity contribution in [1.29, 1.82) is 0 Å². The van der Waals surface area contributed by atoms with Gasteiger partial charge < -0.3 is 50.4 Å². The molecule has 0 saturated carbocycles. The third-order valence-corrected chi connectivity index (χ3v) is 1.98. The Morgan fingerprint density at radius 2 is 1.50 bits per heavy atom. The van der Waals surface area contributed by atoms with Gasteiger partial charge in [-0.05, 0) is 14.1 Å². The van der Waals surface area contributed by atoms with Crippen LogP contribution in [0.2, 0.25) is 0 Å². The van der Waals surface area contributed by atoms with Crippen molar-refractivity contribution in [1.82, 2.24) is 15.5 Å². The molecule has 0 saturated heterocycles. The summed E-state index contributed by atoms with van der Waals surface area (Å²) in [6.07, 6.45) is 0. The van der Waals surface area contributed by atoms with Gasteiger partial charge in [-0.15, -0.1) is 0 Å². The molecule has 0 radical (unpaired) electrons. The molecule has 0 aromatic carbocycles. The Hall–Kier alpha value is -0.660. The Kier molecular flexibility index (Phi) is 6.43. The predicted molar refractivity (Wildman–Crippen MR) is 59.0 cm³/mol. The summed E-state index contributed by atoms with van der Waals surface area (Å²) in [6, 6.07) is -0.00574. The molecule has 2 amide bonds. The first kappa shape index (κ1) is 13.3. The average Bonchev–Trinajstić information content (AvgIpc) is 2.02. The van der Waals surface area contributed by atoms with Gasteiger partial charge in [0.25, 0.3) is 0 Å². The highest BCUT2D eigenvalue weighted by Gasteiger charge is 2.09. The zero-order valence-electron chi connectivity index (χ0n) is 8.07. The molecule has 0 atom stereocenters. The van der Waals surface area contributed by atoms with Crippen LogP contribution in [-0.4, -0.2) is 48.6 Å². The van der Waals surface area contributed by atoms with Gasteiger partial charge in [-0.2, -0.15) is 0 Å². The highest BCUT2D eigenvalue weighted by Crippen LogP contribution is 1.90. The monoisotopic (exact) mass is 235 g/mol. The van der Waals surface area contributed by atoms with Crippen molar-refractivity contribution in [2.45, 2.75) is 6.04 Å². The molecular formula is C7H13N3O2S2-2. The lowest BCUT2D eigenvalue weighted by molar-refractivity contribution is 0.243. The van der Waals surface area contributed by atoms with Crippen LogP contribution in [0.15, 0.2) is 0 Å². The van der Waals surface area contributed by atoms with E-state index in [-0.39, 0.29) is 6.04 Å². The van der Waals surface area contributed by atoms with Crippen LogP contribution in [0.25, 0.3) is 0 Å². The van der Waals surface area contributed by atoms with Crippen molar-refractivity contribution >= 4 is 35.7 Å². The first-order valence-electron chi connectivity index (χ1n) is 3.99. The fraction of sp³-hybridized carbons (Fsp3) is 0.714. The maximum absolute atomic E-state index is 10.5. The summed E-state index contributed by atoms with van der Waals surface area (Å²) in [6.45, 7) is 0.788. The van der Waals surface area contributed by atoms with E-state index in [1.54, 1.807) is 0 Å². The van der Waals surface area contributed by atoms with Crippen LogP contribution in [-0.2, 0) is 25.3 Å². The maximum atomic E-state index is 10.5. The summed E-state index contributed by atoms with van der Waals surface area (Å²) in [4.78, 5) is 22.8. The molecule has 0 aromatic heterocycles. The molecule has 0 spiro atoms. The van der Waals surface area contributed by atoms with E-state index in [0.717, 1.165) is 0 Å². The Morgan fingerprint density at radius 3 is 1.71 bits per heavy atom. The van der Waals surface area contributed by atoms with E-state index in [9.17, 15) is 9.59 Å².